The highest BCUT2D eigenvalue weighted by Gasteiger charge is 2.11. The van der Waals surface area contributed by atoms with Crippen LogP contribution in [0.2, 0.25) is 5.02 Å². The Hall–Kier alpha value is -2.73. The molecular formula is C16H13ClN4O2. The highest BCUT2D eigenvalue weighted by Crippen LogP contribution is 2.16. The second-order valence-electron chi connectivity index (χ2n) is 4.77. The third-order valence-electron chi connectivity index (χ3n) is 3.04. The number of hydrogen-bond donors (Lipinski definition) is 1. The van der Waals surface area contributed by atoms with Crippen LogP contribution in [-0.2, 0) is 11.2 Å². The molecule has 1 aromatic carbocycles. The van der Waals surface area contributed by atoms with Crippen LogP contribution in [0.25, 0.3) is 11.6 Å². The molecule has 0 aliphatic heterocycles. The monoisotopic (exact) mass is 328 g/mol. The minimum absolute atomic E-state index is 0.134. The maximum absolute atomic E-state index is 11.9. The predicted molar refractivity (Wildman–Crippen MR) is 85.9 cm³/mol. The van der Waals surface area contributed by atoms with Crippen LogP contribution in [0.4, 0.5) is 5.69 Å². The van der Waals surface area contributed by atoms with Gasteiger partial charge < -0.3 is 9.73 Å². The molecule has 1 N–H and O–H groups in total. The first-order valence-corrected chi connectivity index (χ1v) is 7.38. The van der Waals surface area contributed by atoms with Crippen molar-refractivity contribution < 1.29 is 9.21 Å². The molecule has 0 atom stereocenters. The SMILES string of the molecule is O=C(CCc1nnc(-c2ccccn2)o1)Nc1ccc(Cl)cc1. The number of halogens is 1. The summed E-state index contributed by atoms with van der Waals surface area (Å²) in [5.41, 5.74) is 1.30. The first kappa shape index (κ1) is 15.2. The molecule has 116 valence electrons. The van der Waals surface area contributed by atoms with Crippen molar-refractivity contribution in [1.82, 2.24) is 15.2 Å². The quantitative estimate of drug-likeness (QED) is 0.776. The normalized spacial score (nSPS) is 10.5. The molecule has 0 spiro atoms. The maximum atomic E-state index is 11.9. The number of amides is 1. The fourth-order valence-electron chi connectivity index (χ4n) is 1.92. The number of nitrogens with one attached hydrogen (secondary N) is 1. The fourth-order valence-corrected chi connectivity index (χ4v) is 2.05. The van der Waals surface area contributed by atoms with Crippen LogP contribution >= 0.6 is 11.6 Å². The number of carbonyl (C=O) groups is 1. The van der Waals surface area contributed by atoms with Gasteiger partial charge in [-0.1, -0.05) is 17.7 Å². The molecule has 2 heterocycles. The van der Waals surface area contributed by atoms with E-state index in [9.17, 15) is 4.79 Å². The van der Waals surface area contributed by atoms with Gasteiger partial charge in [-0.15, -0.1) is 10.2 Å². The summed E-state index contributed by atoms with van der Waals surface area (Å²) in [6.45, 7) is 0. The third-order valence-corrected chi connectivity index (χ3v) is 3.30. The van der Waals surface area contributed by atoms with Crippen molar-refractivity contribution in [2.75, 3.05) is 5.32 Å². The number of benzene rings is 1. The first-order valence-electron chi connectivity index (χ1n) is 7.00. The maximum Gasteiger partial charge on any atom is 0.266 e. The van der Waals surface area contributed by atoms with Gasteiger partial charge in [0.05, 0.1) is 0 Å². The van der Waals surface area contributed by atoms with E-state index in [1.54, 1.807) is 36.5 Å². The van der Waals surface area contributed by atoms with Gasteiger partial charge in [0, 0.05) is 29.7 Å². The van der Waals surface area contributed by atoms with E-state index in [1.165, 1.54) is 0 Å². The lowest BCUT2D eigenvalue weighted by atomic mass is 10.2. The zero-order chi connectivity index (χ0) is 16.1. The number of aryl methyl sites for hydroxylation is 1. The molecule has 0 unspecified atom stereocenters. The van der Waals surface area contributed by atoms with Crippen molar-refractivity contribution in [3.8, 4) is 11.6 Å². The molecule has 0 aliphatic carbocycles. The molecule has 0 bridgehead atoms. The van der Waals surface area contributed by atoms with Crippen molar-refractivity contribution in [1.29, 1.82) is 0 Å². The van der Waals surface area contributed by atoms with Crippen LogP contribution in [0, 0.1) is 0 Å². The summed E-state index contributed by atoms with van der Waals surface area (Å²) >= 11 is 5.80. The molecule has 23 heavy (non-hydrogen) atoms. The summed E-state index contributed by atoms with van der Waals surface area (Å²) in [6.07, 6.45) is 2.25. The molecule has 0 aliphatic rings. The van der Waals surface area contributed by atoms with Gasteiger partial charge in [-0.2, -0.15) is 0 Å². The van der Waals surface area contributed by atoms with Crippen LogP contribution in [0.3, 0.4) is 0 Å². The van der Waals surface area contributed by atoms with Crippen molar-refractivity contribution in [2.45, 2.75) is 12.8 Å². The summed E-state index contributed by atoms with van der Waals surface area (Å²) in [4.78, 5) is 16.0. The van der Waals surface area contributed by atoms with Crippen molar-refractivity contribution in [2.24, 2.45) is 0 Å². The highest BCUT2D eigenvalue weighted by molar-refractivity contribution is 6.30. The minimum atomic E-state index is -0.134. The van der Waals surface area contributed by atoms with Gasteiger partial charge >= 0.3 is 0 Å². The lowest BCUT2D eigenvalue weighted by molar-refractivity contribution is -0.116. The van der Waals surface area contributed by atoms with Crippen LogP contribution in [0.1, 0.15) is 12.3 Å². The number of pyridine rings is 1. The van der Waals surface area contributed by atoms with E-state index < -0.39 is 0 Å². The number of anilines is 1. The molecule has 3 rings (SSSR count). The van der Waals surface area contributed by atoms with E-state index in [1.807, 2.05) is 12.1 Å². The first-order chi connectivity index (χ1) is 11.2. The Morgan fingerprint density at radius 2 is 1.96 bits per heavy atom. The molecule has 0 radical (unpaired) electrons. The second kappa shape index (κ2) is 7.02. The average Bonchev–Trinajstić information content (AvgIpc) is 3.05. The van der Waals surface area contributed by atoms with E-state index >= 15 is 0 Å². The van der Waals surface area contributed by atoms with E-state index in [-0.39, 0.29) is 12.3 Å². The van der Waals surface area contributed by atoms with Gasteiger partial charge in [0.15, 0.2) is 0 Å². The average molecular weight is 329 g/mol. The van der Waals surface area contributed by atoms with E-state index in [2.05, 4.69) is 20.5 Å². The van der Waals surface area contributed by atoms with Crippen LogP contribution in [0.5, 0.6) is 0 Å². The third kappa shape index (κ3) is 4.14. The zero-order valence-corrected chi connectivity index (χ0v) is 12.8. The topological polar surface area (TPSA) is 80.9 Å². The van der Waals surface area contributed by atoms with Gasteiger partial charge in [0.25, 0.3) is 5.89 Å². The Morgan fingerprint density at radius 1 is 1.13 bits per heavy atom. The van der Waals surface area contributed by atoms with Gasteiger partial charge in [-0.25, -0.2) is 0 Å². The van der Waals surface area contributed by atoms with Crippen LogP contribution in [0.15, 0.2) is 53.1 Å². The number of hydrogen-bond acceptors (Lipinski definition) is 5. The Morgan fingerprint density at radius 3 is 2.70 bits per heavy atom. The molecule has 0 saturated heterocycles. The molecule has 0 saturated carbocycles. The van der Waals surface area contributed by atoms with Crippen molar-refractivity contribution in [3.05, 3.63) is 59.6 Å². The Bertz CT molecular complexity index is 787. The lowest BCUT2D eigenvalue weighted by Crippen LogP contribution is -2.12. The molecule has 2 aromatic heterocycles. The van der Waals surface area contributed by atoms with Crippen LogP contribution < -0.4 is 5.32 Å². The Balaban J connectivity index is 1.55. The van der Waals surface area contributed by atoms with Gasteiger partial charge in [0.1, 0.15) is 5.69 Å². The number of carbonyl (C=O) groups excluding carboxylic acids is 1. The largest absolute Gasteiger partial charge is 0.419 e. The molecule has 1 amide bonds. The molecular weight excluding hydrogens is 316 g/mol. The number of aromatic nitrogens is 3. The van der Waals surface area contributed by atoms with E-state index in [4.69, 9.17) is 16.0 Å². The number of rotatable bonds is 5. The van der Waals surface area contributed by atoms with Crippen molar-refractivity contribution >= 4 is 23.2 Å². The fraction of sp³-hybridized carbons (Fsp3) is 0.125. The van der Waals surface area contributed by atoms with Gasteiger partial charge in [-0.05, 0) is 36.4 Å². The van der Waals surface area contributed by atoms with E-state index in [0.717, 1.165) is 0 Å². The smallest absolute Gasteiger partial charge is 0.266 e. The van der Waals surface area contributed by atoms with Gasteiger partial charge in [-0.3, -0.25) is 9.78 Å². The molecule has 3 aromatic rings. The number of nitrogens with zero attached hydrogens (tertiary/aromatic N) is 3. The lowest BCUT2D eigenvalue weighted by Gasteiger charge is -2.03. The van der Waals surface area contributed by atoms with Crippen molar-refractivity contribution in [3.63, 3.8) is 0 Å². The predicted octanol–water partition coefficient (Wildman–Crippen LogP) is 3.36. The summed E-state index contributed by atoms with van der Waals surface area (Å²) < 4.78 is 5.50. The highest BCUT2D eigenvalue weighted by atomic mass is 35.5. The summed E-state index contributed by atoms with van der Waals surface area (Å²) in [7, 11) is 0. The van der Waals surface area contributed by atoms with E-state index in [0.29, 0.717) is 34.6 Å². The minimum Gasteiger partial charge on any atom is -0.419 e. The molecule has 0 fully saturated rings. The zero-order valence-electron chi connectivity index (χ0n) is 12.1. The Kier molecular flexibility index (Phi) is 4.63. The summed E-state index contributed by atoms with van der Waals surface area (Å²) in [5, 5.41) is 11.3. The summed E-state index contributed by atoms with van der Waals surface area (Å²) in [6, 6.07) is 12.3. The Labute approximate surface area is 137 Å². The van der Waals surface area contributed by atoms with Gasteiger partial charge in [0.2, 0.25) is 11.8 Å². The molecule has 6 nitrogen and oxygen atoms in total. The second-order valence-corrected chi connectivity index (χ2v) is 5.21. The standard InChI is InChI=1S/C16H13ClN4O2/c17-11-4-6-12(7-5-11)19-14(22)8-9-15-20-21-16(23-15)13-3-1-2-10-18-13/h1-7,10H,8-9H2,(H,19,22). The van der Waals surface area contributed by atoms with Crippen LogP contribution in [-0.4, -0.2) is 21.1 Å². The molecule has 7 heteroatoms. The summed E-state index contributed by atoms with van der Waals surface area (Å²) in [5.74, 6) is 0.612.